The topological polar surface area (TPSA) is 64.4 Å². The lowest BCUT2D eigenvalue weighted by molar-refractivity contribution is -0.385. The highest BCUT2D eigenvalue weighted by Gasteiger charge is 2.12. The molecule has 1 aromatic carbocycles. The molecule has 5 nitrogen and oxygen atoms in total. The largest absolute Gasteiger partial charge is 0.382 e. The van der Waals surface area contributed by atoms with Crippen LogP contribution in [0.2, 0.25) is 0 Å². The van der Waals surface area contributed by atoms with Gasteiger partial charge in [0.1, 0.15) is 0 Å². The van der Waals surface area contributed by atoms with Crippen molar-refractivity contribution in [1.29, 1.82) is 0 Å². The highest BCUT2D eigenvalue weighted by molar-refractivity contribution is 5.59. The Morgan fingerprint density at radius 3 is 2.88 bits per heavy atom. The predicted octanol–water partition coefficient (Wildman–Crippen LogP) is 2.35. The average molecular weight is 224 g/mol. The number of nitrogens with zero attached hydrogens (tertiary/aromatic N) is 1. The number of ether oxygens (including phenoxy) is 1. The van der Waals surface area contributed by atoms with Crippen molar-refractivity contribution >= 4 is 11.4 Å². The van der Waals surface area contributed by atoms with Gasteiger partial charge in [0.2, 0.25) is 0 Å². The molecule has 0 aliphatic heterocycles. The van der Waals surface area contributed by atoms with Crippen LogP contribution in [0.25, 0.3) is 0 Å². The molecule has 1 N–H and O–H groups in total. The van der Waals surface area contributed by atoms with Crippen LogP contribution >= 0.6 is 0 Å². The molecule has 0 saturated heterocycles. The van der Waals surface area contributed by atoms with Crippen molar-refractivity contribution < 1.29 is 9.66 Å². The molecule has 0 fully saturated rings. The van der Waals surface area contributed by atoms with Crippen LogP contribution in [-0.4, -0.2) is 24.7 Å². The Bertz CT molecular complexity index is 366. The maximum absolute atomic E-state index is 10.7. The zero-order valence-electron chi connectivity index (χ0n) is 9.53. The third-order valence-corrected chi connectivity index (χ3v) is 2.27. The molecule has 0 radical (unpaired) electrons. The molecule has 1 rings (SSSR count). The van der Waals surface area contributed by atoms with Crippen molar-refractivity contribution in [2.45, 2.75) is 13.8 Å². The molecule has 0 aromatic heterocycles. The number of hydrogen-bond acceptors (Lipinski definition) is 4. The Morgan fingerprint density at radius 2 is 2.25 bits per heavy atom. The van der Waals surface area contributed by atoms with Gasteiger partial charge in [-0.2, -0.15) is 0 Å². The molecule has 0 bridgehead atoms. The van der Waals surface area contributed by atoms with E-state index in [1.165, 1.54) is 6.07 Å². The molecule has 16 heavy (non-hydrogen) atoms. The van der Waals surface area contributed by atoms with Gasteiger partial charge in [-0.15, -0.1) is 0 Å². The maximum Gasteiger partial charge on any atom is 0.274 e. The van der Waals surface area contributed by atoms with Crippen LogP contribution in [0, 0.1) is 17.0 Å². The van der Waals surface area contributed by atoms with E-state index in [9.17, 15) is 10.1 Å². The monoisotopic (exact) mass is 224 g/mol. The van der Waals surface area contributed by atoms with Gasteiger partial charge in [0.25, 0.3) is 5.69 Å². The number of anilines is 1. The smallest absolute Gasteiger partial charge is 0.274 e. The summed E-state index contributed by atoms with van der Waals surface area (Å²) in [6.07, 6.45) is 0. The summed E-state index contributed by atoms with van der Waals surface area (Å²) in [7, 11) is 0. The van der Waals surface area contributed by atoms with E-state index in [0.29, 0.717) is 25.3 Å². The van der Waals surface area contributed by atoms with Crippen molar-refractivity contribution in [3.05, 3.63) is 33.9 Å². The number of hydrogen-bond donors (Lipinski definition) is 1. The number of benzene rings is 1. The number of nitro groups is 1. The molecule has 0 unspecified atom stereocenters. The summed E-state index contributed by atoms with van der Waals surface area (Å²) in [4.78, 5) is 10.3. The molecular weight excluding hydrogens is 208 g/mol. The van der Waals surface area contributed by atoms with Gasteiger partial charge < -0.3 is 10.1 Å². The number of rotatable bonds is 6. The van der Waals surface area contributed by atoms with E-state index in [2.05, 4.69) is 5.32 Å². The van der Waals surface area contributed by atoms with Crippen molar-refractivity contribution in [3.8, 4) is 0 Å². The van der Waals surface area contributed by atoms with Crippen LogP contribution in [0.5, 0.6) is 0 Å². The lowest BCUT2D eigenvalue weighted by Crippen LogP contribution is -2.10. The van der Waals surface area contributed by atoms with Crippen molar-refractivity contribution in [3.63, 3.8) is 0 Å². The first-order valence-electron chi connectivity index (χ1n) is 5.22. The van der Waals surface area contributed by atoms with Gasteiger partial charge in [-0.3, -0.25) is 10.1 Å². The molecular formula is C11H16N2O3. The first-order chi connectivity index (χ1) is 7.66. The second-order valence-corrected chi connectivity index (χ2v) is 3.33. The lowest BCUT2D eigenvalue weighted by Gasteiger charge is -2.09. The third kappa shape index (κ3) is 3.20. The standard InChI is InChI=1S/C11H16N2O3/c1-3-16-8-7-12-10-5-4-6-11(9(10)2)13(14)15/h4-6,12H,3,7-8H2,1-2H3. The summed E-state index contributed by atoms with van der Waals surface area (Å²) in [6, 6.07) is 5.01. The number of nitrogens with one attached hydrogen (secondary N) is 1. The Labute approximate surface area is 94.6 Å². The Balaban J connectivity index is 2.66. The molecule has 0 saturated carbocycles. The highest BCUT2D eigenvalue weighted by Crippen LogP contribution is 2.24. The Kier molecular flexibility index (Phi) is 4.72. The molecule has 5 heteroatoms. The van der Waals surface area contributed by atoms with Crippen LogP contribution in [0.1, 0.15) is 12.5 Å². The van der Waals surface area contributed by atoms with Gasteiger partial charge in [-0.25, -0.2) is 0 Å². The van der Waals surface area contributed by atoms with Gasteiger partial charge in [0.05, 0.1) is 11.5 Å². The summed E-state index contributed by atoms with van der Waals surface area (Å²) in [6.45, 7) is 5.59. The van der Waals surface area contributed by atoms with Crippen LogP contribution < -0.4 is 5.32 Å². The van der Waals surface area contributed by atoms with Gasteiger partial charge in [0.15, 0.2) is 0 Å². The van der Waals surface area contributed by atoms with E-state index < -0.39 is 0 Å². The molecule has 0 aliphatic rings. The second-order valence-electron chi connectivity index (χ2n) is 3.33. The molecule has 88 valence electrons. The minimum Gasteiger partial charge on any atom is -0.382 e. The van der Waals surface area contributed by atoms with Gasteiger partial charge in [-0.05, 0) is 19.9 Å². The molecule has 0 atom stereocenters. The third-order valence-electron chi connectivity index (χ3n) is 2.27. The first-order valence-corrected chi connectivity index (χ1v) is 5.22. The quantitative estimate of drug-likeness (QED) is 0.457. The molecule has 0 spiro atoms. The SMILES string of the molecule is CCOCCNc1cccc([N+](=O)[O-])c1C. The zero-order chi connectivity index (χ0) is 12.0. The first kappa shape index (κ1) is 12.4. The fraction of sp³-hybridized carbons (Fsp3) is 0.455. The minimum atomic E-state index is -0.372. The molecule has 0 aliphatic carbocycles. The van der Waals surface area contributed by atoms with E-state index in [4.69, 9.17) is 4.74 Å². The summed E-state index contributed by atoms with van der Waals surface area (Å²) < 4.78 is 5.18. The Hall–Kier alpha value is -1.62. The lowest BCUT2D eigenvalue weighted by atomic mass is 10.1. The summed E-state index contributed by atoms with van der Waals surface area (Å²) in [5.41, 5.74) is 1.58. The predicted molar refractivity (Wildman–Crippen MR) is 62.8 cm³/mol. The molecule has 1 aromatic rings. The van der Waals surface area contributed by atoms with Gasteiger partial charge >= 0.3 is 0 Å². The van der Waals surface area contributed by atoms with E-state index in [0.717, 1.165) is 5.69 Å². The molecule has 0 heterocycles. The minimum absolute atomic E-state index is 0.140. The fourth-order valence-corrected chi connectivity index (χ4v) is 1.41. The van der Waals surface area contributed by atoms with Crippen LogP contribution in [0.4, 0.5) is 11.4 Å². The van der Waals surface area contributed by atoms with Gasteiger partial charge in [-0.1, -0.05) is 6.07 Å². The van der Waals surface area contributed by atoms with Crippen LogP contribution in [0.15, 0.2) is 18.2 Å². The van der Waals surface area contributed by atoms with E-state index in [1.54, 1.807) is 13.0 Å². The van der Waals surface area contributed by atoms with E-state index in [-0.39, 0.29) is 10.6 Å². The fourth-order valence-electron chi connectivity index (χ4n) is 1.41. The number of nitro benzene ring substituents is 1. The zero-order valence-corrected chi connectivity index (χ0v) is 9.53. The van der Waals surface area contributed by atoms with Crippen LogP contribution in [0.3, 0.4) is 0 Å². The maximum atomic E-state index is 10.7. The summed E-state index contributed by atoms with van der Waals surface area (Å²) >= 11 is 0. The van der Waals surface area contributed by atoms with Crippen molar-refractivity contribution in [2.24, 2.45) is 0 Å². The Morgan fingerprint density at radius 1 is 1.50 bits per heavy atom. The highest BCUT2D eigenvalue weighted by atomic mass is 16.6. The van der Waals surface area contributed by atoms with E-state index in [1.807, 2.05) is 13.0 Å². The normalized spacial score (nSPS) is 10.1. The van der Waals surface area contributed by atoms with Gasteiger partial charge in [0, 0.05) is 30.5 Å². The summed E-state index contributed by atoms with van der Waals surface area (Å²) in [5.74, 6) is 0. The van der Waals surface area contributed by atoms with Crippen LogP contribution in [-0.2, 0) is 4.74 Å². The molecule has 0 amide bonds. The second kappa shape index (κ2) is 6.07. The average Bonchev–Trinajstić information content (AvgIpc) is 2.26. The summed E-state index contributed by atoms with van der Waals surface area (Å²) in [5, 5.41) is 13.8. The van der Waals surface area contributed by atoms with E-state index >= 15 is 0 Å². The van der Waals surface area contributed by atoms with Crippen molar-refractivity contribution in [1.82, 2.24) is 0 Å². The van der Waals surface area contributed by atoms with Crippen molar-refractivity contribution in [2.75, 3.05) is 25.1 Å².